The van der Waals surface area contributed by atoms with Crippen LogP contribution in [0.4, 0.5) is 18.9 Å². The van der Waals surface area contributed by atoms with Crippen molar-refractivity contribution in [1.82, 2.24) is 34.5 Å². The Morgan fingerprint density at radius 3 is 2.57 bits per heavy atom. The molecule has 1 fully saturated rings. The number of ether oxygens (including phenoxy) is 1. The van der Waals surface area contributed by atoms with Crippen molar-refractivity contribution in [2.24, 2.45) is 7.05 Å². The largest absolute Gasteiger partial charge is 0.438 e. The van der Waals surface area contributed by atoms with Gasteiger partial charge in [-0.15, -0.1) is 0 Å². The number of amides is 1. The SMILES string of the molecule is CN1CCN(Cc2ccc(NC(=O)c3cccc(Oc4nc(-c5cccnc5)nc5nn(C)cc45)c3)cc2C(F)(F)F)CC1. The number of nitrogens with one attached hydrogen (secondary N) is 1. The lowest BCUT2D eigenvalue weighted by molar-refractivity contribution is -0.138. The van der Waals surface area contributed by atoms with E-state index in [9.17, 15) is 18.0 Å². The summed E-state index contributed by atoms with van der Waals surface area (Å²) in [6.07, 6.45) is 0.422. The number of nitrogens with zero attached hydrogens (tertiary/aromatic N) is 7. The fourth-order valence-corrected chi connectivity index (χ4v) is 5.01. The molecule has 1 saturated heterocycles. The molecule has 13 heteroatoms. The van der Waals surface area contributed by atoms with E-state index in [2.05, 4.69) is 30.3 Å². The quantitative estimate of drug-likeness (QED) is 0.270. The van der Waals surface area contributed by atoms with E-state index in [1.54, 1.807) is 54.6 Å². The van der Waals surface area contributed by atoms with Crippen LogP contribution < -0.4 is 10.1 Å². The molecular formula is C31H29F3N8O2. The molecule has 0 aliphatic carbocycles. The number of anilines is 1. The van der Waals surface area contributed by atoms with Gasteiger partial charge in [0.2, 0.25) is 5.88 Å². The number of halogens is 3. The summed E-state index contributed by atoms with van der Waals surface area (Å²) in [6.45, 7) is 3.17. The molecule has 6 rings (SSSR count). The normalized spacial score (nSPS) is 14.6. The monoisotopic (exact) mass is 602 g/mol. The topological polar surface area (TPSA) is 101 Å². The number of carbonyl (C=O) groups is 1. The zero-order valence-corrected chi connectivity index (χ0v) is 24.0. The Morgan fingerprint density at radius 2 is 1.82 bits per heavy atom. The number of aromatic nitrogens is 5. The maximum atomic E-state index is 14.0. The first-order valence-electron chi connectivity index (χ1n) is 13.9. The first kappa shape index (κ1) is 29.2. The van der Waals surface area contributed by atoms with Crippen molar-refractivity contribution in [2.75, 3.05) is 38.5 Å². The van der Waals surface area contributed by atoms with Gasteiger partial charge in [-0.3, -0.25) is 19.4 Å². The van der Waals surface area contributed by atoms with Crippen LogP contribution in [0.3, 0.4) is 0 Å². The van der Waals surface area contributed by atoms with Crippen LogP contribution >= 0.6 is 0 Å². The van der Waals surface area contributed by atoms with Crippen molar-refractivity contribution in [2.45, 2.75) is 12.7 Å². The average Bonchev–Trinajstić information content (AvgIpc) is 3.39. The van der Waals surface area contributed by atoms with Crippen LogP contribution in [0.1, 0.15) is 21.5 Å². The highest BCUT2D eigenvalue weighted by molar-refractivity contribution is 6.04. The van der Waals surface area contributed by atoms with Crippen LogP contribution in [0.2, 0.25) is 0 Å². The molecule has 0 radical (unpaired) electrons. The Morgan fingerprint density at radius 1 is 1.00 bits per heavy atom. The molecule has 0 saturated carbocycles. The van der Waals surface area contributed by atoms with E-state index in [0.29, 0.717) is 41.3 Å². The number of fused-ring (bicyclic) bond motifs is 1. The van der Waals surface area contributed by atoms with Crippen LogP contribution in [0, 0.1) is 0 Å². The lowest BCUT2D eigenvalue weighted by atomic mass is 10.0. The van der Waals surface area contributed by atoms with Crippen molar-refractivity contribution in [3.8, 4) is 23.0 Å². The van der Waals surface area contributed by atoms with E-state index in [-0.39, 0.29) is 29.2 Å². The summed E-state index contributed by atoms with van der Waals surface area (Å²) in [4.78, 5) is 30.5. The Kier molecular flexibility index (Phi) is 7.97. The van der Waals surface area contributed by atoms with Gasteiger partial charge in [0.05, 0.1) is 5.56 Å². The molecule has 1 aliphatic heterocycles. The zero-order valence-electron chi connectivity index (χ0n) is 24.0. The Hall–Kier alpha value is -4.88. The summed E-state index contributed by atoms with van der Waals surface area (Å²) in [5.74, 6) is 0.313. The number of rotatable bonds is 7. The predicted octanol–water partition coefficient (Wildman–Crippen LogP) is 5.24. The second kappa shape index (κ2) is 12.0. The van der Waals surface area contributed by atoms with Crippen LogP contribution in [-0.2, 0) is 19.8 Å². The van der Waals surface area contributed by atoms with E-state index in [4.69, 9.17) is 4.74 Å². The number of carbonyl (C=O) groups excluding carboxylic acids is 1. The molecule has 0 spiro atoms. The lowest BCUT2D eigenvalue weighted by Gasteiger charge is -2.33. The van der Waals surface area contributed by atoms with Gasteiger partial charge in [-0.05, 0) is 55.1 Å². The van der Waals surface area contributed by atoms with E-state index >= 15 is 0 Å². The molecule has 10 nitrogen and oxygen atoms in total. The molecular weight excluding hydrogens is 573 g/mol. The Bertz CT molecular complexity index is 1800. The molecule has 0 bridgehead atoms. The first-order valence-corrected chi connectivity index (χ1v) is 13.9. The van der Waals surface area contributed by atoms with Crippen LogP contribution in [0.15, 0.2) is 73.2 Å². The number of aryl methyl sites for hydroxylation is 1. The second-order valence-corrected chi connectivity index (χ2v) is 10.7. The number of likely N-dealkylation sites (N-methyl/N-ethyl adjacent to an activating group) is 1. The molecule has 0 atom stereocenters. The number of piperazine rings is 1. The summed E-state index contributed by atoms with van der Waals surface area (Å²) in [5, 5.41) is 7.54. The van der Waals surface area contributed by atoms with Crippen LogP contribution in [0.5, 0.6) is 11.6 Å². The third-order valence-corrected chi connectivity index (χ3v) is 7.35. The van der Waals surface area contributed by atoms with Crippen molar-refractivity contribution in [3.63, 3.8) is 0 Å². The van der Waals surface area contributed by atoms with Gasteiger partial charge in [-0.2, -0.15) is 23.3 Å². The molecule has 1 N–H and O–H groups in total. The van der Waals surface area contributed by atoms with Crippen molar-refractivity contribution in [1.29, 1.82) is 0 Å². The van der Waals surface area contributed by atoms with E-state index in [1.165, 1.54) is 18.2 Å². The molecule has 4 heterocycles. The third kappa shape index (κ3) is 6.53. The molecule has 3 aromatic heterocycles. The highest BCUT2D eigenvalue weighted by Crippen LogP contribution is 2.35. The lowest BCUT2D eigenvalue weighted by Crippen LogP contribution is -2.44. The molecule has 44 heavy (non-hydrogen) atoms. The maximum Gasteiger partial charge on any atom is 0.416 e. The Labute approximate surface area is 251 Å². The van der Waals surface area contributed by atoms with Gasteiger partial charge in [0.15, 0.2) is 11.5 Å². The highest BCUT2D eigenvalue weighted by Gasteiger charge is 2.34. The van der Waals surface area contributed by atoms with Gasteiger partial charge in [0.25, 0.3) is 5.91 Å². The summed E-state index contributed by atoms with van der Waals surface area (Å²) >= 11 is 0. The van der Waals surface area contributed by atoms with Gasteiger partial charge >= 0.3 is 6.18 Å². The first-order chi connectivity index (χ1) is 21.1. The van der Waals surface area contributed by atoms with Crippen molar-refractivity contribution >= 4 is 22.6 Å². The number of pyridine rings is 1. The number of benzene rings is 2. The minimum atomic E-state index is -4.57. The van der Waals surface area contributed by atoms with Gasteiger partial charge in [0.1, 0.15) is 11.1 Å². The van der Waals surface area contributed by atoms with E-state index < -0.39 is 17.6 Å². The van der Waals surface area contributed by atoms with Crippen molar-refractivity contribution < 1.29 is 22.7 Å². The zero-order chi connectivity index (χ0) is 30.8. The second-order valence-electron chi connectivity index (χ2n) is 10.7. The summed E-state index contributed by atoms with van der Waals surface area (Å²) in [5.41, 5.74) is 0.742. The highest BCUT2D eigenvalue weighted by atomic mass is 19.4. The molecule has 1 amide bonds. The number of hydrogen-bond acceptors (Lipinski definition) is 8. The maximum absolute atomic E-state index is 14.0. The van der Waals surface area contributed by atoms with E-state index in [1.807, 2.05) is 18.0 Å². The van der Waals surface area contributed by atoms with Crippen molar-refractivity contribution in [3.05, 3.63) is 89.9 Å². The van der Waals surface area contributed by atoms with Crippen LogP contribution in [0.25, 0.3) is 22.4 Å². The van der Waals surface area contributed by atoms with Crippen LogP contribution in [-0.4, -0.2) is 73.7 Å². The molecule has 2 aromatic carbocycles. The minimum absolute atomic E-state index is 0.0461. The Balaban J connectivity index is 1.22. The molecule has 226 valence electrons. The van der Waals surface area contributed by atoms with E-state index in [0.717, 1.165) is 19.2 Å². The fraction of sp³-hybridized carbons (Fsp3) is 0.258. The summed E-state index contributed by atoms with van der Waals surface area (Å²) in [6, 6.07) is 13.8. The standard InChI is InChI=1S/C31H29F3N8O2/c1-40-11-13-42(14-12-40)18-22-8-9-23(16-26(22)31(32,33)34)36-29(43)20-5-3-7-24(15-20)44-30-25-19-41(2)39-28(25)37-27(38-30)21-6-4-10-35-17-21/h3-10,15-17,19H,11-14,18H2,1-2H3,(H,36,43). The number of alkyl halides is 3. The summed E-state index contributed by atoms with van der Waals surface area (Å²) in [7, 11) is 3.75. The third-order valence-electron chi connectivity index (χ3n) is 7.35. The number of hydrogen-bond donors (Lipinski definition) is 1. The molecule has 0 unspecified atom stereocenters. The van der Waals surface area contributed by atoms with Gasteiger partial charge in [0, 0.05) is 75.2 Å². The molecule has 5 aromatic rings. The predicted molar refractivity (Wildman–Crippen MR) is 158 cm³/mol. The van der Waals surface area contributed by atoms with Gasteiger partial charge < -0.3 is 15.0 Å². The smallest absolute Gasteiger partial charge is 0.416 e. The average molecular weight is 603 g/mol. The minimum Gasteiger partial charge on any atom is -0.438 e. The van der Waals surface area contributed by atoms with Gasteiger partial charge in [-0.25, -0.2) is 4.98 Å². The van der Waals surface area contributed by atoms with Gasteiger partial charge in [-0.1, -0.05) is 12.1 Å². The fourth-order valence-electron chi connectivity index (χ4n) is 5.01. The summed E-state index contributed by atoms with van der Waals surface area (Å²) < 4.78 is 49.8. The molecule has 1 aliphatic rings.